The van der Waals surface area contributed by atoms with Crippen LogP contribution in [0.1, 0.15) is 24.5 Å². The van der Waals surface area contributed by atoms with Crippen molar-refractivity contribution in [3.63, 3.8) is 0 Å². The lowest BCUT2D eigenvalue weighted by molar-refractivity contribution is 0.641. The number of rotatable bonds is 5. The average molecular weight is 273 g/mol. The molecule has 0 saturated carbocycles. The van der Waals surface area contributed by atoms with Gasteiger partial charge in [0.05, 0.1) is 0 Å². The number of nitrogens with two attached hydrogens (primary N) is 1. The SMILES string of the molecule is CCC(N)Cc1cnc(Sc2cccc(C)c2)nc1. The number of aryl methyl sites for hydroxylation is 1. The van der Waals surface area contributed by atoms with E-state index in [0.29, 0.717) is 0 Å². The van der Waals surface area contributed by atoms with Crippen molar-refractivity contribution in [2.75, 3.05) is 0 Å². The summed E-state index contributed by atoms with van der Waals surface area (Å²) in [7, 11) is 0. The molecule has 0 amide bonds. The Morgan fingerprint density at radius 2 is 2.00 bits per heavy atom. The van der Waals surface area contributed by atoms with E-state index >= 15 is 0 Å². The van der Waals surface area contributed by atoms with Gasteiger partial charge in [-0.25, -0.2) is 9.97 Å². The van der Waals surface area contributed by atoms with E-state index in [4.69, 9.17) is 5.73 Å². The molecule has 0 aliphatic carbocycles. The highest BCUT2D eigenvalue weighted by Gasteiger charge is 2.04. The fourth-order valence-electron chi connectivity index (χ4n) is 1.73. The summed E-state index contributed by atoms with van der Waals surface area (Å²) in [6.07, 6.45) is 5.56. The first-order chi connectivity index (χ1) is 9.17. The third kappa shape index (κ3) is 4.33. The summed E-state index contributed by atoms with van der Waals surface area (Å²) < 4.78 is 0. The molecule has 1 aromatic carbocycles. The molecule has 1 atom stereocenters. The normalized spacial score (nSPS) is 12.4. The summed E-state index contributed by atoms with van der Waals surface area (Å²) >= 11 is 1.58. The second-order valence-electron chi connectivity index (χ2n) is 4.66. The molecule has 0 saturated heterocycles. The molecule has 1 unspecified atom stereocenters. The van der Waals surface area contributed by atoms with E-state index < -0.39 is 0 Å². The van der Waals surface area contributed by atoms with E-state index in [9.17, 15) is 0 Å². The minimum atomic E-state index is 0.193. The summed E-state index contributed by atoms with van der Waals surface area (Å²) in [6, 6.07) is 8.53. The van der Waals surface area contributed by atoms with Crippen LogP contribution in [0.5, 0.6) is 0 Å². The van der Waals surface area contributed by atoms with Crippen LogP contribution in [0.15, 0.2) is 46.7 Å². The molecule has 4 heteroatoms. The van der Waals surface area contributed by atoms with Gasteiger partial charge in [0.25, 0.3) is 0 Å². The van der Waals surface area contributed by atoms with Crippen LogP contribution in [0.3, 0.4) is 0 Å². The van der Waals surface area contributed by atoms with Crippen LogP contribution in [0.25, 0.3) is 0 Å². The lowest BCUT2D eigenvalue weighted by Crippen LogP contribution is -2.21. The van der Waals surface area contributed by atoms with Crippen molar-refractivity contribution in [2.24, 2.45) is 5.73 Å². The predicted molar refractivity (Wildman–Crippen MR) is 79.3 cm³/mol. The minimum Gasteiger partial charge on any atom is -0.327 e. The fourth-order valence-corrected chi connectivity index (χ4v) is 2.55. The second kappa shape index (κ2) is 6.68. The summed E-state index contributed by atoms with van der Waals surface area (Å²) in [5.41, 5.74) is 8.27. The van der Waals surface area contributed by atoms with Crippen LogP contribution < -0.4 is 5.73 Å². The molecular weight excluding hydrogens is 254 g/mol. The Kier molecular flexibility index (Phi) is 4.93. The smallest absolute Gasteiger partial charge is 0.192 e. The topological polar surface area (TPSA) is 51.8 Å². The molecule has 0 aliphatic heterocycles. The molecule has 2 N–H and O–H groups in total. The third-order valence-electron chi connectivity index (χ3n) is 2.90. The quantitative estimate of drug-likeness (QED) is 0.850. The van der Waals surface area contributed by atoms with E-state index in [1.807, 2.05) is 18.5 Å². The first kappa shape index (κ1) is 14.0. The van der Waals surface area contributed by atoms with Gasteiger partial charge in [-0.15, -0.1) is 0 Å². The molecule has 1 heterocycles. The van der Waals surface area contributed by atoms with Crippen molar-refractivity contribution in [1.29, 1.82) is 0 Å². The highest BCUT2D eigenvalue weighted by molar-refractivity contribution is 7.99. The second-order valence-corrected chi connectivity index (χ2v) is 5.71. The van der Waals surface area contributed by atoms with Gasteiger partial charge in [0.15, 0.2) is 5.16 Å². The molecule has 2 aromatic rings. The summed E-state index contributed by atoms with van der Waals surface area (Å²) in [6.45, 7) is 4.17. The van der Waals surface area contributed by atoms with E-state index in [2.05, 4.69) is 42.0 Å². The Balaban J connectivity index is 2.02. The van der Waals surface area contributed by atoms with Crippen molar-refractivity contribution < 1.29 is 0 Å². The Morgan fingerprint density at radius 1 is 1.26 bits per heavy atom. The van der Waals surface area contributed by atoms with Crippen LogP contribution in [0.2, 0.25) is 0 Å². The zero-order valence-corrected chi connectivity index (χ0v) is 12.2. The van der Waals surface area contributed by atoms with Crippen LogP contribution >= 0.6 is 11.8 Å². The highest BCUT2D eigenvalue weighted by atomic mass is 32.2. The van der Waals surface area contributed by atoms with Crippen molar-refractivity contribution in [3.8, 4) is 0 Å². The number of benzene rings is 1. The van der Waals surface area contributed by atoms with Gasteiger partial charge in [0.2, 0.25) is 0 Å². The molecule has 1 aromatic heterocycles. The standard InChI is InChI=1S/C15H19N3S/c1-3-13(16)8-12-9-17-15(18-10-12)19-14-6-4-5-11(2)7-14/h4-7,9-10,13H,3,8,16H2,1-2H3. The van der Waals surface area contributed by atoms with Gasteiger partial charge >= 0.3 is 0 Å². The van der Waals surface area contributed by atoms with E-state index in [1.165, 1.54) is 5.56 Å². The summed E-state index contributed by atoms with van der Waals surface area (Å²) in [5.74, 6) is 0. The van der Waals surface area contributed by atoms with Crippen LogP contribution in [0, 0.1) is 6.92 Å². The van der Waals surface area contributed by atoms with Gasteiger partial charge in [0, 0.05) is 23.3 Å². The maximum atomic E-state index is 5.92. The number of hydrogen-bond acceptors (Lipinski definition) is 4. The third-order valence-corrected chi connectivity index (χ3v) is 3.79. The highest BCUT2D eigenvalue weighted by Crippen LogP contribution is 2.24. The first-order valence-electron chi connectivity index (χ1n) is 6.48. The predicted octanol–water partition coefficient (Wildman–Crippen LogP) is 3.22. The van der Waals surface area contributed by atoms with Crippen molar-refractivity contribution in [1.82, 2.24) is 9.97 Å². The molecular formula is C15H19N3S. The lowest BCUT2D eigenvalue weighted by atomic mass is 10.1. The molecule has 0 fully saturated rings. The number of aromatic nitrogens is 2. The van der Waals surface area contributed by atoms with Gasteiger partial charge in [-0.3, -0.25) is 0 Å². The largest absolute Gasteiger partial charge is 0.327 e. The maximum absolute atomic E-state index is 5.92. The van der Waals surface area contributed by atoms with Crippen LogP contribution in [0.4, 0.5) is 0 Å². The van der Waals surface area contributed by atoms with Gasteiger partial charge < -0.3 is 5.73 Å². The van der Waals surface area contributed by atoms with Crippen molar-refractivity contribution in [2.45, 2.75) is 42.8 Å². The molecule has 100 valence electrons. The molecule has 0 bridgehead atoms. The van der Waals surface area contributed by atoms with Crippen molar-refractivity contribution >= 4 is 11.8 Å². The van der Waals surface area contributed by atoms with E-state index in [1.54, 1.807) is 11.8 Å². The Morgan fingerprint density at radius 3 is 2.63 bits per heavy atom. The minimum absolute atomic E-state index is 0.193. The van der Waals surface area contributed by atoms with Gasteiger partial charge in [-0.05, 0) is 49.2 Å². The monoisotopic (exact) mass is 273 g/mol. The maximum Gasteiger partial charge on any atom is 0.192 e. The molecule has 2 rings (SSSR count). The Hall–Kier alpha value is -1.39. The fraction of sp³-hybridized carbons (Fsp3) is 0.333. The zero-order chi connectivity index (χ0) is 13.7. The molecule has 0 spiro atoms. The van der Waals surface area contributed by atoms with Gasteiger partial charge in [0.1, 0.15) is 0 Å². The molecule has 0 aliphatic rings. The number of nitrogens with zero attached hydrogens (tertiary/aromatic N) is 2. The molecule has 19 heavy (non-hydrogen) atoms. The number of hydrogen-bond donors (Lipinski definition) is 1. The van der Waals surface area contributed by atoms with Crippen LogP contribution in [-0.4, -0.2) is 16.0 Å². The average Bonchev–Trinajstić information content (AvgIpc) is 2.41. The lowest BCUT2D eigenvalue weighted by Gasteiger charge is -2.08. The zero-order valence-electron chi connectivity index (χ0n) is 11.3. The summed E-state index contributed by atoms with van der Waals surface area (Å²) in [5, 5.41) is 0.777. The molecule has 0 radical (unpaired) electrons. The Labute approximate surface area is 118 Å². The van der Waals surface area contributed by atoms with Crippen molar-refractivity contribution in [3.05, 3.63) is 47.8 Å². The first-order valence-corrected chi connectivity index (χ1v) is 7.30. The van der Waals surface area contributed by atoms with Gasteiger partial charge in [-0.1, -0.05) is 24.6 Å². The van der Waals surface area contributed by atoms with E-state index in [-0.39, 0.29) is 6.04 Å². The molecule has 3 nitrogen and oxygen atoms in total. The van der Waals surface area contributed by atoms with Crippen LogP contribution in [-0.2, 0) is 6.42 Å². The van der Waals surface area contributed by atoms with E-state index in [0.717, 1.165) is 28.5 Å². The Bertz CT molecular complexity index is 525. The summed E-state index contributed by atoms with van der Waals surface area (Å²) in [4.78, 5) is 9.94. The van der Waals surface area contributed by atoms with Gasteiger partial charge in [-0.2, -0.15) is 0 Å².